The molecule has 18 heavy (non-hydrogen) atoms. The maximum absolute atomic E-state index is 4.18. The Balaban J connectivity index is 0.000000138. The molecule has 1 aliphatic rings. The van der Waals surface area contributed by atoms with Crippen molar-refractivity contribution >= 4 is 10.9 Å². The van der Waals surface area contributed by atoms with Crippen LogP contribution in [0.3, 0.4) is 0 Å². The highest BCUT2D eigenvalue weighted by Crippen LogP contribution is 2.07. The Morgan fingerprint density at radius 2 is 1.94 bits per heavy atom. The Hall–Kier alpha value is -1.87. The number of nitrogens with zero attached hydrogens (tertiary/aromatic N) is 3. The molecule has 0 bridgehead atoms. The SMILES string of the molecule is CCN1C=CCN1C.c1ccc2ncccc2c1. The second kappa shape index (κ2) is 6.17. The van der Waals surface area contributed by atoms with Gasteiger partial charge in [-0.25, -0.2) is 5.01 Å². The van der Waals surface area contributed by atoms with Crippen LogP contribution in [0.5, 0.6) is 0 Å². The summed E-state index contributed by atoms with van der Waals surface area (Å²) >= 11 is 0. The van der Waals surface area contributed by atoms with E-state index in [1.165, 1.54) is 5.39 Å². The van der Waals surface area contributed by atoms with Gasteiger partial charge in [0, 0.05) is 37.9 Å². The zero-order valence-electron chi connectivity index (χ0n) is 11.0. The molecular formula is C15H19N3. The van der Waals surface area contributed by atoms with Crippen molar-refractivity contribution in [2.45, 2.75) is 6.92 Å². The molecule has 1 aromatic carbocycles. The highest BCUT2D eigenvalue weighted by molar-refractivity contribution is 5.77. The van der Waals surface area contributed by atoms with Crippen LogP contribution in [0, 0.1) is 0 Å². The molecule has 0 aliphatic carbocycles. The largest absolute Gasteiger partial charge is 0.314 e. The topological polar surface area (TPSA) is 19.4 Å². The van der Waals surface area contributed by atoms with E-state index in [4.69, 9.17) is 0 Å². The van der Waals surface area contributed by atoms with E-state index in [-0.39, 0.29) is 0 Å². The molecule has 1 aliphatic heterocycles. The third-order valence-corrected chi connectivity index (χ3v) is 2.92. The first-order valence-electron chi connectivity index (χ1n) is 6.25. The highest BCUT2D eigenvalue weighted by Gasteiger charge is 2.06. The van der Waals surface area contributed by atoms with E-state index in [1.807, 2.05) is 30.5 Å². The van der Waals surface area contributed by atoms with E-state index >= 15 is 0 Å². The van der Waals surface area contributed by atoms with Crippen LogP contribution in [0.25, 0.3) is 10.9 Å². The van der Waals surface area contributed by atoms with Crippen molar-refractivity contribution < 1.29 is 0 Å². The molecule has 1 aromatic heterocycles. The first-order chi connectivity index (χ1) is 8.81. The van der Waals surface area contributed by atoms with E-state index in [0.29, 0.717) is 0 Å². The zero-order chi connectivity index (χ0) is 12.8. The molecule has 0 fully saturated rings. The first-order valence-corrected chi connectivity index (χ1v) is 6.25. The van der Waals surface area contributed by atoms with Crippen LogP contribution in [-0.4, -0.2) is 35.1 Å². The van der Waals surface area contributed by atoms with Gasteiger partial charge in [-0.3, -0.25) is 4.98 Å². The number of rotatable bonds is 1. The van der Waals surface area contributed by atoms with Crippen molar-refractivity contribution in [3.63, 3.8) is 0 Å². The monoisotopic (exact) mass is 241 g/mol. The van der Waals surface area contributed by atoms with Crippen molar-refractivity contribution in [3.8, 4) is 0 Å². The number of para-hydroxylation sites is 1. The number of pyridine rings is 1. The van der Waals surface area contributed by atoms with Crippen molar-refractivity contribution in [3.05, 3.63) is 54.9 Å². The van der Waals surface area contributed by atoms with Gasteiger partial charge in [-0.05, 0) is 19.1 Å². The molecular weight excluding hydrogens is 222 g/mol. The minimum Gasteiger partial charge on any atom is -0.314 e. The number of fused-ring (bicyclic) bond motifs is 1. The second-order valence-corrected chi connectivity index (χ2v) is 4.18. The van der Waals surface area contributed by atoms with Gasteiger partial charge in [0.2, 0.25) is 0 Å². The molecule has 0 spiro atoms. The van der Waals surface area contributed by atoms with Crippen LogP contribution in [0.2, 0.25) is 0 Å². The van der Waals surface area contributed by atoms with Crippen LogP contribution in [0.15, 0.2) is 54.9 Å². The predicted octanol–water partition coefficient (Wildman–Crippen LogP) is 2.92. The number of hydrogen-bond donors (Lipinski definition) is 0. The molecule has 2 aromatic rings. The van der Waals surface area contributed by atoms with E-state index in [1.54, 1.807) is 0 Å². The summed E-state index contributed by atoms with van der Waals surface area (Å²) in [6, 6.07) is 12.1. The Labute approximate surface area is 108 Å². The van der Waals surface area contributed by atoms with E-state index in [9.17, 15) is 0 Å². The lowest BCUT2D eigenvalue weighted by molar-refractivity contribution is 0.0909. The normalized spacial score (nSPS) is 14.7. The summed E-state index contributed by atoms with van der Waals surface area (Å²) in [5.74, 6) is 0. The lowest BCUT2D eigenvalue weighted by Gasteiger charge is -2.22. The number of likely N-dealkylation sites (N-methyl/N-ethyl adjacent to an activating group) is 1. The quantitative estimate of drug-likeness (QED) is 0.765. The van der Waals surface area contributed by atoms with Gasteiger partial charge in [-0.1, -0.05) is 30.3 Å². The standard InChI is InChI=1S/C9H7N.C6H12N2/c1-2-6-9-8(4-1)5-3-7-10-9;1-3-8-6-4-5-7(8)2/h1-7H;4,6H,3,5H2,1-2H3. The molecule has 94 valence electrons. The molecule has 0 amide bonds. The van der Waals surface area contributed by atoms with E-state index in [2.05, 4.69) is 53.4 Å². The average Bonchev–Trinajstić information content (AvgIpc) is 2.85. The Bertz CT molecular complexity index is 456. The van der Waals surface area contributed by atoms with Crippen molar-refractivity contribution in [2.75, 3.05) is 20.1 Å². The Kier molecular flexibility index (Phi) is 4.31. The summed E-state index contributed by atoms with van der Waals surface area (Å²) in [5, 5.41) is 5.56. The fraction of sp³-hybridized carbons (Fsp3) is 0.267. The number of hydrazine groups is 1. The number of hydrogen-bond acceptors (Lipinski definition) is 3. The summed E-state index contributed by atoms with van der Waals surface area (Å²) in [6.07, 6.45) is 6.08. The molecule has 0 radical (unpaired) electrons. The second-order valence-electron chi connectivity index (χ2n) is 4.18. The van der Waals surface area contributed by atoms with E-state index in [0.717, 1.165) is 18.6 Å². The minimum atomic E-state index is 1.06. The number of benzene rings is 1. The molecule has 3 nitrogen and oxygen atoms in total. The van der Waals surface area contributed by atoms with Crippen molar-refractivity contribution in [1.29, 1.82) is 0 Å². The zero-order valence-corrected chi connectivity index (χ0v) is 11.0. The smallest absolute Gasteiger partial charge is 0.0701 e. The molecule has 3 rings (SSSR count). The van der Waals surface area contributed by atoms with Crippen LogP contribution < -0.4 is 0 Å². The van der Waals surface area contributed by atoms with E-state index < -0.39 is 0 Å². The molecule has 0 unspecified atom stereocenters. The molecule has 0 N–H and O–H groups in total. The van der Waals surface area contributed by atoms with Gasteiger partial charge in [0.15, 0.2) is 0 Å². The lowest BCUT2D eigenvalue weighted by atomic mass is 10.2. The fourth-order valence-corrected chi connectivity index (χ4v) is 1.90. The maximum Gasteiger partial charge on any atom is 0.0701 e. The first kappa shape index (κ1) is 12.6. The van der Waals surface area contributed by atoms with Crippen LogP contribution >= 0.6 is 0 Å². The summed E-state index contributed by atoms with van der Waals surface area (Å²) in [7, 11) is 2.09. The average molecular weight is 241 g/mol. The van der Waals surface area contributed by atoms with Gasteiger partial charge in [-0.15, -0.1) is 0 Å². The van der Waals surface area contributed by atoms with Crippen molar-refractivity contribution in [1.82, 2.24) is 15.0 Å². The predicted molar refractivity (Wildman–Crippen MR) is 75.9 cm³/mol. The summed E-state index contributed by atoms with van der Waals surface area (Å²) in [5.41, 5.74) is 1.06. The Morgan fingerprint density at radius 1 is 1.17 bits per heavy atom. The molecule has 2 heterocycles. The molecule has 3 heteroatoms. The van der Waals surface area contributed by atoms with Gasteiger partial charge in [0.25, 0.3) is 0 Å². The minimum absolute atomic E-state index is 1.06. The fourth-order valence-electron chi connectivity index (χ4n) is 1.90. The third-order valence-electron chi connectivity index (χ3n) is 2.92. The summed E-state index contributed by atoms with van der Waals surface area (Å²) < 4.78 is 0. The maximum atomic E-state index is 4.18. The van der Waals surface area contributed by atoms with Crippen LogP contribution in [0.4, 0.5) is 0 Å². The van der Waals surface area contributed by atoms with Gasteiger partial charge in [0.05, 0.1) is 5.52 Å². The third kappa shape index (κ3) is 3.08. The van der Waals surface area contributed by atoms with Gasteiger partial charge >= 0.3 is 0 Å². The van der Waals surface area contributed by atoms with Gasteiger partial charge in [0.1, 0.15) is 0 Å². The van der Waals surface area contributed by atoms with Gasteiger partial charge < -0.3 is 5.01 Å². The lowest BCUT2D eigenvalue weighted by Crippen LogP contribution is -2.30. The molecule has 0 atom stereocenters. The van der Waals surface area contributed by atoms with Gasteiger partial charge in [-0.2, -0.15) is 0 Å². The summed E-state index contributed by atoms with van der Waals surface area (Å²) in [4.78, 5) is 4.18. The number of aromatic nitrogens is 1. The highest BCUT2D eigenvalue weighted by atomic mass is 15.6. The summed E-state index contributed by atoms with van der Waals surface area (Å²) in [6.45, 7) is 4.28. The van der Waals surface area contributed by atoms with Crippen molar-refractivity contribution in [2.24, 2.45) is 0 Å². The molecule has 0 saturated carbocycles. The van der Waals surface area contributed by atoms with Crippen LogP contribution in [0.1, 0.15) is 6.92 Å². The van der Waals surface area contributed by atoms with Crippen LogP contribution in [-0.2, 0) is 0 Å². The molecule has 0 saturated heterocycles. The Morgan fingerprint density at radius 3 is 2.56 bits per heavy atom.